The van der Waals surface area contributed by atoms with Crippen LogP contribution < -0.4 is 26.4 Å². The summed E-state index contributed by atoms with van der Waals surface area (Å²) in [6.45, 7) is 8.13. The Labute approximate surface area is 205 Å². The first-order valence-electron chi connectivity index (χ1n) is 11.1. The van der Waals surface area contributed by atoms with E-state index < -0.39 is 10.9 Å². The summed E-state index contributed by atoms with van der Waals surface area (Å²) >= 11 is 6.40. The predicted molar refractivity (Wildman–Crippen MR) is 134 cm³/mol. The zero-order valence-corrected chi connectivity index (χ0v) is 20.4. The molecule has 0 saturated heterocycles. The number of nitrogens with one attached hydrogen (secondary N) is 3. The molecule has 2 aromatic heterocycles. The normalized spacial score (nSPS) is 14.4. The van der Waals surface area contributed by atoms with Crippen LogP contribution >= 0.6 is 11.6 Å². The van der Waals surface area contributed by atoms with Crippen molar-refractivity contribution in [1.29, 1.82) is 0 Å². The van der Waals surface area contributed by atoms with E-state index in [-0.39, 0.29) is 35.3 Å². The Kier molecular flexibility index (Phi) is 5.32. The van der Waals surface area contributed by atoms with Gasteiger partial charge in [-0.1, -0.05) is 32.4 Å². The highest BCUT2D eigenvalue weighted by atomic mass is 35.5. The molecule has 5 rings (SSSR count). The van der Waals surface area contributed by atoms with Crippen molar-refractivity contribution in [1.82, 2.24) is 10.2 Å². The second kappa shape index (κ2) is 8.13. The highest BCUT2D eigenvalue weighted by molar-refractivity contribution is 6.33. The number of hydrogen-bond acceptors (Lipinski definition) is 7. The molecule has 35 heavy (non-hydrogen) atoms. The number of anilines is 4. The number of furan rings is 1. The van der Waals surface area contributed by atoms with E-state index in [1.165, 1.54) is 4.90 Å². The van der Waals surface area contributed by atoms with Gasteiger partial charge < -0.3 is 15.1 Å². The number of rotatable bonds is 6. The molecule has 1 aliphatic heterocycles. The minimum Gasteiger partial charge on any atom is -0.464 e. The lowest BCUT2D eigenvalue weighted by atomic mass is 9.85. The van der Waals surface area contributed by atoms with Crippen molar-refractivity contribution in [2.24, 2.45) is 5.41 Å². The second-order valence-corrected chi connectivity index (χ2v) is 10.1. The molecule has 180 valence electrons. The molecule has 0 bridgehead atoms. The van der Waals surface area contributed by atoms with Gasteiger partial charge in [0.25, 0.3) is 16.8 Å². The Morgan fingerprint density at radius 1 is 1.09 bits per heavy atom. The summed E-state index contributed by atoms with van der Waals surface area (Å²) in [6, 6.07) is 8.32. The quantitative estimate of drug-likeness (QED) is 0.334. The summed E-state index contributed by atoms with van der Waals surface area (Å²) in [4.78, 5) is 39.9. The third-order valence-electron chi connectivity index (χ3n) is 6.18. The van der Waals surface area contributed by atoms with Gasteiger partial charge in [-0.15, -0.1) is 0 Å². The molecule has 0 aliphatic carbocycles. The molecule has 3 N–H and O–H groups in total. The van der Waals surface area contributed by atoms with Crippen molar-refractivity contribution < 1.29 is 9.21 Å². The number of aromatic amines is 1. The van der Waals surface area contributed by atoms with E-state index in [1.807, 2.05) is 39.8 Å². The van der Waals surface area contributed by atoms with Crippen LogP contribution in [0.3, 0.4) is 0 Å². The molecule has 2 aromatic carbocycles. The Bertz CT molecular complexity index is 1510. The molecule has 1 amide bonds. The first kappa shape index (κ1) is 22.9. The lowest BCUT2D eigenvalue weighted by Gasteiger charge is -2.31. The monoisotopic (exact) mass is 493 g/mol. The van der Waals surface area contributed by atoms with Gasteiger partial charge in [0, 0.05) is 16.7 Å². The van der Waals surface area contributed by atoms with Crippen molar-refractivity contribution >= 4 is 40.4 Å². The van der Waals surface area contributed by atoms with Gasteiger partial charge in [0.05, 0.1) is 30.0 Å². The van der Waals surface area contributed by atoms with Gasteiger partial charge in [-0.25, -0.2) is 0 Å². The van der Waals surface area contributed by atoms with Gasteiger partial charge in [-0.3, -0.25) is 24.4 Å². The fourth-order valence-electron chi connectivity index (χ4n) is 4.33. The highest BCUT2D eigenvalue weighted by Crippen LogP contribution is 2.40. The standard InChI is InChI=1S/C25H24ClN5O4/c1-12-5-8-16(35-12)23(25(2,3)4)29-20-19(21(32)22(20)33)28-15-7-6-14(26)13-11-31(24(34)18(13)15)17-9-10-27-30-17/h5-10,23,28-29H,11H2,1-4H3,(H,27,30)/t23-/m0/s1. The topological polar surface area (TPSA) is 120 Å². The first-order valence-corrected chi connectivity index (χ1v) is 11.5. The molecule has 1 atom stereocenters. The Hall–Kier alpha value is -3.85. The van der Waals surface area contributed by atoms with E-state index in [4.69, 9.17) is 16.0 Å². The summed E-state index contributed by atoms with van der Waals surface area (Å²) in [5.74, 6) is 1.65. The smallest absolute Gasteiger partial charge is 0.262 e. The van der Waals surface area contributed by atoms with Crippen molar-refractivity contribution in [3.63, 3.8) is 0 Å². The van der Waals surface area contributed by atoms with Crippen LogP contribution in [0.5, 0.6) is 0 Å². The summed E-state index contributed by atoms with van der Waals surface area (Å²) in [5, 5.41) is 13.4. The fourth-order valence-corrected chi connectivity index (χ4v) is 4.55. The Morgan fingerprint density at radius 3 is 2.46 bits per heavy atom. The third kappa shape index (κ3) is 3.81. The van der Waals surface area contributed by atoms with E-state index in [1.54, 1.807) is 24.4 Å². The first-order chi connectivity index (χ1) is 16.6. The summed E-state index contributed by atoms with van der Waals surface area (Å²) in [6.07, 6.45) is 1.56. The van der Waals surface area contributed by atoms with Crippen LogP contribution in [0.2, 0.25) is 5.02 Å². The maximum Gasteiger partial charge on any atom is 0.262 e. The molecule has 10 heteroatoms. The molecule has 1 aliphatic rings. The lowest BCUT2D eigenvalue weighted by Crippen LogP contribution is -2.39. The zero-order valence-electron chi connectivity index (χ0n) is 19.7. The molecular weight excluding hydrogens is 470 g/mol. The largest absolute Gasteiger partial charge is 0.464 e. The molecule has 0 saturated carbocycles. The molecule has 0 unspecified atom stereocenters. The van der Waals surface area contributed by atoms with Crippen LogP contribution in [0.4, 0.5) is 22.9 Å². The molecule has 9 nitrogen and oxygen atoms in total. The lowest BCUT2D eigenvalue weighted by molar-refractivity contribution is 0.0996. The van der Waals surface area contributed by atoms with Crippen molar-refractivity contribution in [2.75, 3.05) is 15.5 Å². The second-order valence-electron chi connectivity index (χ2n) is 9.71. The van der Waals surface area contributed by atoms with Gasteiger partial charge in [0.1, 0.15) is 28.7 Å². The SMILES string of the molecule is Cc1ccc([C@H](Nc2c(Nc3ccc(Cl)c4c3C(=O)N(c3ccn[nH]3)C4)c(=O)c2=O)C(C)(C)C)o1. The van der Waals surface area contributed by atoms with Crippen molar-refractivity contribution in [3.05, 3.63) is 84.6 Å². The number of carbonyl (C=O) groups is 1. The molecule has 0 spiro atoms. The number of carbonyl (C=O) groups excluding carboxylic acids is 1. The molecule has 4 aromatic rings. The average molecular weight is 494 g/mol. The summed E-state index contributed by atoms with van der Waals surface area (Å²) < 4.78 is 5.82. The molecular formula is C25H24ClN5O4. The molecule has 0 radical (unpaired) electrons. The van der Waals surface area contributed by atoms with Crippen LogP contribution in [-0.2, 0) is 6.54 Å². The maximum atomic E-state index is 13.3. The van der Waals surface area contributed by atoms with Gasteiger partial charge in [0.2, 0.25) is 0 Å². The maximum absolute atomic E-state index is 13.3. The van der Waals surface area contributed by atoms with E-state index in [2.05, 4.69) is 20.8 Å². The number of fused-ring (bicyclic) bond motifs is 1. The number of aryl methyl sites for hydroxylation is 1. The third-order valence-corrected chi connectivity index (χ3v) is 6.53. The van der Waals surface area contributed by atoms with Crippen LogP contribution in [0.15, 0.2) is 50.5 Å². The minimum atomic E-state index is -0.657. The Morgan fingerprint density at radius 2 is 1.83 bits per heavy atom. The number of H-pyrrole nitrogens is 1. The fraction of sp³-hybridized carbons (Fsp3) is 0.280. The predicted octanol–water partition coefficient (Wildman–Crippen LogP) is 4.66. The number of nitrogens with zero attached hydrogens (tertiary/aromatic N) is 2. The average Bonchev–Trinajstić information content (AvgIpc) is 3.54. The van der Waals surface area contributed by atoms with E-state index in [9.17, 15) is 14.4 Å². The van der Waals surface area contributed by atoms with Crippen molar-refractivity contribution in [2.45, 2.75) is 40.3 Å². The number of hydrogen-bond donors (Lipinski definition) is 3. The van der Waals surface area contributed by atoms with E-state index in [0.29, 0.717) is 33.4 Å². The number of amides is 1. The van der Waals surface area contributed by atoms with Gasteiger partial charge in [-0.2, -0.15) is 5.10 Å². The molecule has 0 fully saturated rings. The van der Waals surface area contributed by atoms with Gasteiger partial charge in [0.15, 0.2) is 0 Å². The number of halogens is 1. The van der Waals surface area contributed by atoms with Crippen molar-refractivity contribution in [3.8, 4) is 0 Å². The van der Waals surface area contributed by atoms with Crippen LogP contribution in [-0.4, -0.2) is 16.1 Å². The van der Waals surface area contributed by atoms with Gasteiger partial charge >= 0.3 is 0 Å². The minimum absolute atomic E-state index is 0.102. The van der Waals surface area contributed by atoms with E-state index >= 15 is 0 Å². The number of aromatic nitrogens is 2. The van der Waals surface area contributed by atoms with Gasteiger partial charge in [-0.05, 0) is 36.6 Å². The number of benzene rings is 1. The Balaban J connectivity index is 1.50. The molecule has 3 heterocycles. The summed E-state index contributed by atoms with van der Waals surface area (Å²) in [5.41, 5.74) is 0.0179. The summed E-state index contributed by atoms with van der Waals surface area (Å²) in [7, 11) is 0. The van der Waals surface area contributed by atoms with Crippen LogP contribution in [0.1, 0.15) is 54.3 Å². The highest BCUT2D eigenvalue weighted by Gasteiger charge is 2.36. The van der Waals surface area contributed by atoms with E-state index in [0.717, 1.165) is 5.76 Å². The van der Waals surface area contributed by atoms with Crippen LogP contribution in [0, 0.1) is 12.3 Å². The zero-order chi connectivity index (χ0) is 25.1. The van der Waals surface area contributed by atoms with Crippen LogP contribution in [0.25, 0.3) is 0 Å².